The maximum absolute atomic E-state index is 10.2. The number of hydrogen-bond acceptors (Lipinski definition) is 2. The quantitative estimate of drug-likeness (QED) is 0.588. The van der Waals surface area contributed by atoms with Gasteiger partial charge >= 0.3 is 5.97 Å². The molecule has 0 aliphatic carbocycles. The fraction of sp³-hybridized carbons (Fsp3) is 0.571. The van der Waals surface area contributed by atoms with E-state index in [9.17, 15) is 4.79 Å². The second kappa shape index (κ2) is 3.10. The Bertz CT molecular complexity index is 174. The molecule has 0 aromatic rings. The summed E-state index contributed by atoms with van der Waals surface area (Å²) in [5.74, 6) is 0.254. The second-order valence-corrected chi connectivity index (χ2v) is 3.77. The van der Waals surface area contributed by atoms with Gasteiger partial charge in [0.25, 0.3) is 0 Å². The van der Waals surface area contributed by atoms with Gasteiger partial charge in [-0.1, -0.05) is 0 Å². The molecular formula is C7H10O2S. The van der Waals surface area contributed by atoms with Crippen molar-refractivity contribution in [1.82, 2.24) is 0 Å². The van der Waals surface area contributed by atoms with Crippen LogP contribution in [0.2, 0.25) is 0 Å². The molecule has 1 N–H and O–H groups in total. The lowest BCUT2D eigenvalue weighted by atomic mass is 10.1. The molecule has 0 aromatic heterocycles. The van der Waals surface area contributed by atoms with Gasteiger partial charge in [-0.2, -0.15) is 11.8 Å². The minimum Gasteiger partial charge on any atom is -0.478 e. The Morgan fingerprint density at radius 2 is 2.60 bits per heavy atom. The van der Waals surface area contributed by atoms with Crippen LogP contribution in [-0.2, 0) is 4.79 Å². The first-order chi connectivity index (χ1) is 4.70. The molecule has 1 saturated heterocycles. The number of carboxylic acid groups (broad SMARTS) is 1. The average molecular weight is 158 g/mol. The highest BCUT2D eigenvalue weighted by molar-refractivity contribution is 8.00. The summed E-state index contributed by atoms with van der Waals surface area (Å²) in [6.45, 7) is 2.05. The number of carboxylic acids is 1. The Labute approximate surface area is 64.3 Å². The lowest BCUT2D eigenvalue weighted by Crippen LogP contribution is -1.97. The monoisotopic (exact) mass is 158 g/mol. The summed E-state index contributed by atoms with van der Waals surface area (Å²) in [6, 6.07) is 0. The van der Waals surface area contributed by atoms with Gasteiger partial charge in [0.05, 0.1) is 0 Å². The molecule has 3 heteroatoms. The first-order valence-corrected chi connectivity index (χ1v) is 4.30. The van der Waals surface area contributed by atoms with Crippen molar-refractivity contribution < 1.29 is 9.90 Å². The van der Waals surface area contributed by atoms with Gasteiger partial charge in [-0.05, 0) is 24.7 Å². The van der Waals surface area contributed by atoms with Gasteiger partial charge in [0, 0.05) is 11.3 Å². The molecule has 1 aliphatic rings. The van der Waals surface area contributed by atoms with Crippen LogP contribution >= 0.6 is 11.8 Å². The molecule has 1 fully saturated rings. The van der Waals surface area contributed by atoms with Crippen LogP contribution in [0.25, 0.3) is 0 Å². The van der Waals surface area contributed by atoms with Crippen molar-refractivity contribution in [2.75, 3.05) is 5.75 Å². The lowest BCUT2D eigenvalue weighted by Gasteiger charge is -1.99. The van der Waals surface area contributed by atoms with Gasteiger partial charge in [0.15, 0.2) is 0 Å². The van der Waals surface area contributed by atoms with Crippen molar-refractivity contribution >= 4 is 17.7 Å². The average Bonchev–Trinajstić information content (AvgIpc) is 2.15. The molecule has 1 heterocycles. The molecule has 0 spiro atoms. The third-order valence-corrected chi connectivity index (χ3v) is 2.83. The maximum atomic E-state index is 10.2. The smallest absolute Gasteiger partial charge is 0.328 e. The predicted molar refractivity (Wildman–Crippen MR) is 42.3 cm³/mol. The number of rotatable bonds is 1. The van der Waals surface area contributed by atoms with E-state index in [1.807, 2.05) is 18.7 Å². The molecular weight excluding hydrogens is 148 g/mol. The summed E-state index contributed by atoms with van der Waals surface area (Å²) >= 11 is 1.82. The van der Waals surface area contributed by atoms with E-state index in [1.165, 1.54) is 6.08 Å². The Kier molecular flexibility index (Phi) is 2.38. The molecule has 1 aliphatic heterocycles. The minimum absolute atomic E-state index is 0.413. The SMILES string of the molecule is CC1SCC/C1=C/C(=O)O. The van der Waals surface area contributed by atoms with E-state index < -0.39 is 5.97 Å². The van der Waals surface area contributed by atoms with Crippen LogP contribution in [0, 0.1) is 0 Å². The number of carbonyl (C=O) groups is 1. The standard InChI is InChI=1S/C7H10O2S/c1-5-6(2-3-10-5)4-7(8)9/h4-5H,2-3H2,1H3,(H,8,9)/b6-4-. The minimum atomic E-state index is -0.815. The normalized spacial score (nSPS) is 29.3. The third-order valence-electron chi connectivity index (χ3n) is 1.59. The highest BCUT2D eigenvalue weighted by Gasteiger charge is 2.16. The summed E-state index contributed by atoms with van der Waals surface area (Å²) < 4.78 is 0. The van der Waals surface area contributed by atoms with Crippen LogP contribution < -0.4 is 0 Å². The Morgan fingerprint density at radius 3 is 3.00 bits per heavy atom. The Morgan fingerprint density at radius 1 is 1.90 bits per heavy atom. The molecule has 56 valence electrons. The van der Waals surface area contributed by atoms with Crippen molar-refractivity contribution in [3.63, 3.8) is 0 Å². The zero-order chi connectivity index (χ0) is 7.56. The van der Waals surface area contributed by atoms with Gasteiger partial charge in [0.1, 0.15) is 0 Å². The fourth-order valence-corrected chi connectivity index (χ4v) is 2.12. The molecule has 10 heavy (non-hydrogen) atoms. The van der Waals surface area contributed by atoms with Crippen molar-refractivity contribution in [1.29, 1.82) is 0 Å². The van der Waals surface area contributed by atoms with Crippen LogP contribution in [0.15, 0.2) is 11.6 Å². The van der Waals surface area contributed by atoms with E-state index >= 15 is 0 Å². The summed E-state index contributed by atoms with van der Waals surface area (Å²) in [6.07, 6.45) is 2.28. The first kappa shape index (κ1) is 7.66. The molecule has 0 radical (unpaired) electrons. The zero-order valence-electron chi connectivity index (χ0n) is 5.83. The lowest BCUT2D eigenvalue weighted by molar-refractivity contribution is -0.131. The summed E-state index contributed by atoms with van der Waals surface area (Å²) in [5, 5.41) is 8.82. The van der Waals surface area contributed by atoms with Gasteiger partial charge in [-0.25, -0.2) is 4.79 Å². The third kappa shape index (κ3) is 1.77. The molecule has 0 aromatic carbocycles. The summed E-state index contributed by atoms with van der Waals surface area (Å²) in [7, 11) is 0. The molecule has 1 rings (SSSR count). The van der Waals surface area contributed by atoms with Crippen LogP contribution in [0.1, 0.15) is 13.3 Å². The molecule has 1 atom stereocenters. The van der Waals surface area contributed by atoms with E-state index in [1.54, 1.807) is 0 Å². The van der Waals surface area contributed by atoms with E-state index in [0.717, 1.165) is 17.7 Å². The Balaban J connectivity index is 2.62. The highest BCUT2D eigenvalue weighted by atomic mass is 32.2. The van der Waals surface area contributed by atoms with Crippen molar-refractivity contribution in [2.24, 2.45) is 0 Å². The van der Waals surface area contributed by atoms with E-state index in [0.29, 0.717) is 5.25 Å². The number of aliphatic carboxylic acids is 1. The molecule has 1 unspecified atom stereocenters. The van der Waals surface area contributed by atoms with Gasteiger partial charge in [0.2, 0.25) is 0 Å². The van der Waals surface area contributed by atoms with Gasteiger partial charge < -0.3 is 5.11 Å². The van der Waals surface area contributed by atoms with Gasteiger partial charge in [-0.3, -0.25) is 0 Å². The van der Waals surface area contributed by atoms with Crippen LogP contribution in [0.3, 0.4) is 0 Å². The zero-order valence-corrected chi connectivity index (χ0v) is 6.65. The van der Waals surface area contributed by atoms with Crippen LogP contribution in [-0.4, -0.2) is 22.1 Å². The topological polar surface area (TPSA) is 37.3 Å². The second-order valence-electron chi connectivity index (χ2n) is 2.32. The Hall–Kier alpha value is -0.440. The molecule has 0 bridgehead atoms. The molecule has 0 amide bonds. The molecule has 2 nitrogen and oxygen atoms in total. The summed E-state index contributed by atoms with van der Waals surface area (Å²) in [4.78, 5) is 10.2. The first-order valence-electron chi connectivity index (χ1n) is 3.25. The van der Waals surface area contributed by atoms with E-state index in [-0.39, 0.29) is 0 Å². The van der Waals surface area contributed by atoms with E-state index in [4.69, 9.17) is 5.11 Å². The maximum Gasteiger partial charge on any atom is 0.328 e. The fourth-order valence-electron chi connectivity index (χ4n) is 1.01. The van der Waals surface area contributed by atoms with Crippen LogP contribution in [0.4, 0.5) is 0 Å². The highest BCUT2D eigenvalue weighted by Crippen LogP contribution is 2.30. The van der Waals surface area contributed by atoms with E-state index in [2.05, 4.69) is 0 Å². The van der Waals surface area contributed by atoms with Crippen molar-refractivity contribution in [3.8, 4) is 0 Å². The van der Waals surface area contributed by atoms with Gasteiger partial charge in [-0.15, -0.1) is 0 Å². The van der Waals surface area contributed by atoms with Crippen LogP contribution in [0.5, 0.6) is 0 Å². The molecule has 0 saturated carbocycles. The van der Waals surface area contributed by atoms with Crippen molar-refractivity contribution in [2.45, 2.75) is 18.6 Å². The summed E-state index contributed by atoms with van der Waals surface area (Å²) in [5.41, 5.74) is 1.07. The largest absolute Gasteiger partial charge is 0.478 e. The number of hydrogen-bond donors (Lipinski definition) is 1. The predicted octanol–water partition coefficient (Wildman–Crippen LogP) is 1.52. The van der Waals surface area contributed by atoms with Crippen molar-refractivity contribution in [3.05, 3.63) is 11.6 Å². The number of thioether (sulfide) groups is 1.